The number of aliphatic hydroxyl groups is 1. The van der Waals surface area contributed by atoms with E-state index in [0.717, 1.165) is 19.3 Å². The Kier molecular flexibility index (Phi) is 3.77. The van der Waals surface area contributed by atoms with E-state index in [2.05, 4.69) is 18.6 Å². The van der Waals surface area contributed by atoms with Gasteiger partial charge in [-0.25, -0.2) is 13.1 Å². The van der Waals surface area contributed by atoms with Crippen LogP contribution in [0.4, 0.5) is 0 Å². The number of nitrogens with one attached hydrogen (secondary N) is 1. The first-order chi connectivity index (χ1) is 8.76. The second-order valence-electron chi connectivity index (χ2n) is 5.85. The van der Waals surface area contributed by atoms with E-state index in [-0.39, 0.29) is 28.7 Å². The van der Waals surface area contributed by atoms with E-state index in [4.69, 9.17) is 9.52 Å². The van der Waals surface area contributed by atoms with Gasteiger partial charge in [-0.3, -0.25) is 0 Å². The van der Waals surface area contributed by atoms with Gasteiger partial charge in [-0.1, -0.05) is 20.3 Å². The van der Waals surface area contributed by atoms with Gasteiger partial charge in [0, 0.05) is 12.1 Å². The van der Waals surface area contributed by atoms with Crippen molar-refractivity contribution in [3.63, 3.8) is 0 Å². The van der Waals surface area contributed by atoms with Crippen LogP contribution in [0.15, 0.2) is 15.4 Å². The number of furan rings is 1. The number of sulfonamides is 1. The molecule has 0 aliphatic heterocycles. The molecular formula is C13H21NO4S. The molecule has 0 radical (unpaired) electrons. The van der Waals surface area contributed by atoms with Crippen molar-refractivity contribution < 1.29 is 17.9 Å². The third kappa shape index (κ3) is 2.85. The summed E-state index contributed by atoms with van der Waals surface area (Å²) in [4.78, 5) is 0.124. The molecule has 0 saturated heterocycles. The predicted octanol–water partition coefficient (Wildman–Crippen LogP) is 1.94. The van der Waals surface area contributed by atoms with Crippen molar-refractivity contribution in [3.8, 4) is 0 Å². The van der Waals surface area contributed by atoms with Crippen LogP contribution in [-0.4, -0.2) is 19.6 Å². The van der Waals surface area contributed by atoms with Crippen molar-refractivity contribution in [2.24, 2.45) is 5.41 Å². The van der Waals surface area contributed by atoms with Crippen molar-refractivity contribution in [2.75, 3.05) is 0 Å². The largest absolute Gasteiger partial charge is 0.462 e. The first-order valence-electron chi connectivity index (χ1n) is 6.49. The zero-order valence-corrected chi connectivity index (χ0v) is 12.4. The Morgan fingerprint density at radius 1 is 1.53 bits per heavy atom. The quantitative estimate of drug-likeness (QED) is 0.887. The summed E-state index contributed by atoms with van der Waals surface area (Å²) in [7, 11) is -3.59. The molecule has 0 bridgehead atoms. The molecule has 1 aromatic heterocycles. The topological polar surface area (TPSA) is 79.5 Å². The van der Waals surface area contributed by atoms with Gasteiger partial charge in [0.2, 0.25) is 10.0 Å². The molecule has 1 atom stereocenters. The number of hydrogen-bond acceptors (Lipinski definition) is 4. The van der Waals surface area contributed by atoms with E-state index in [0.29, 0.717) is 5.76 Å². The summed E-state index contributed by atoms with van der Waals surface area (Å²) in [6.45, 7) is 5.45. The summed E-state index contributed by atoms with van der Waals surface area (Å²) in [5.74, 6) is 0.580. The first kappa shape index (κ1) is 14.6. The fourth-order valence-corrected chi connectivity index (χ4v) is 4.31. The first-order valence-corrected chi connectivity index (χ1v) is 7.97. The fraction of sp³-hybridized carbons (Fsp3) is 0.692. The highest BCUT2D eigenvalue weighted by Gasteiger charge is 2.38. The number of aliphatic hydroxyl groups excluding tert-OH is 1. The molecule has 5 nitrogen and oxygen atoms in total. The SMILES string of the molecule is Cc1oc(CO)cc1S(=O)(=O)NC1CCCC1(C)C. The van der Waals surface area contributed by atoms with Crippen molar-refractivity contribution in [3.05, 3.63) is 17.6 Å². The summed E-state index contributed by atoms with van der Waals surface area (Å²) in [6.07, 6.45) is 2.91. The molecule has 2 N–H and O–H groups in total. The molecule has 1 saturated carbocycles. The molecule has 1 aliphatic rings. The van der Waals surface area contributed by atoms with Crippen molar-refractivity contribution in [1.82, 2.24) is 4.72 Å². The van der Waals surface area contributed by atoms with Gasteiger partial charge in [0.25, 0.3) is 0 Å². The summed E-state index contributed by atoms with van der Waals surface area (Å²) in [5, 5.41) is 9.00. The third-order valence-electron chi connectivity index (χ3n) is 3.92. The summed E-state index contributed by atoms with van der Waals surface area (Å²) in [5.41, 5.74) is -0.0233. The van der Waals surface area contributed by atoms with Gasteiger partial charge in [0.05, 0.1) is 0 Å². The van der Waals surface area contributed by atoms with E-state index in [1.165, 1.54) is 6.07 Å². The van der Waals surface area contributed by atoms with Crippen molar-refractivity contribution >= 4 is 10.0 Å². The molecule has 0 amide bonds. The maximum absolute atomic E-state index is 12.4. The van der Waals surface area contributed by atoms with Crippen LogP contribution in [0.5, 0.6) is 0 Å². The number of hydrogen-bond donors (Lipinski definition) is 2. The minimum atomic E-state index is -3.59. The molecule has 0 spiro atoms. The highest BCUT2D eigenvalue weighted by atomic mass is 32.2. The van der Waals surface area contributed by atoms with Crippen LogP contribution in [0.1, 0.15) is 44.6 Å². The van der Waals surface area contributed by atoms with Crippen LogP contribution < -0.4 is 4.72 Å². The minimum absolute atomic E-state index is 0.0233. The lowest BCUT2D eigenvalue weighted by molar-refractivity contribution is 0.244. The monoisotopic (exact) mass is 287 g/mol. The molecule has 1 heterocycles. The van der Waals surface area contributed by atoms with Crippen LogP contribution in [0, 0.1) is 12.3 Å². The Morgan fingerprint density at radius 3 is 2.68 bits per heavy atom. The molecule has 6 heteroatoms. The highest BCUT2D eigenvalue weighted by Crippen LogP contribution is 2.38. The van der Waals surface area contributed by atoms with Crippen LogP contribution in [0.3, 0.4) is 0 Å². The fourth-order valence-electron chi connectivity index (χ4n) is 2.66. The van der Waals surface area contributed by atoms with E-state index < -0.39 is 10.0 Å². The lowest BCUT2D eigenvalue weighted by Crippen LogP contribution is -2.41. The van der Waals surface area contributed by atoms with Crippen LogP contribution in [-0.2, 0) is 16.6 Å². The molecular weight excluding hydrogens is 266 g/mol. The van der Waals surface area contributed by atoms with E-state index in [1.54, 1.807) is 6.92 Å². The number of aryl methyl sites for hydroxylation is 1. The Labute approximate surface area is 114 Å². The number of rotatable bonds is 4. The molecule has 1 aromatic rings. The summed E-state index contributed by atoms with van der Waals surface area (Å²) in [6, 6.07) is 1.34. The van der Waals surface area contributed by atoms with E-state index >= 15 is 0 Å². The van der Waals surface area contributed by atoms with E-state index in [1.807, 2.05) is 0 Å². The zero-order chi connectivity index (χ0) is 14.3. The zero-order valence-electron chi connectivity index (χ0n) is 11.6. The lowest BCUT2D eigenvalue weighted by Gasteiger charge is -2.27. The van der Waals surface area contributed by atoms with Gasteiger partial charge >= 0.3 is 0 Å². The van der Waals surface area contributed by atoms with Crippen molar-refractivity contribution in [2.45, 2.75) is 57.6 Å². The van der Waals surface area contributed by atoms with Gasteiger partial charge < -0.3 is 9.52 Å². The second kappa shape index (κ2) is 4.92. The Hall–Kier alpha value is -0.850. The molecule has 1 fully saturated rings. The molecule has 1 unspecified atom stereocenters. The molecule has 1 aliphatic carbocycles. The maximum Gasteiger partial charge on any atom is 0.244 e. The van der Waals surface area contributed by atoms with E-state index in [9.17, 15) is 8.42 Å². The van der Waals surface area contributed by atoms with Crippen LogP contribution in [0.2, 0.25) is 0 Å². The summed E-state index contributed by atoms with van der Waals surface area (Å²) >= 11 is 0. The summed E-state index contributed by atoms with van der Waals surface area (Å²) < 4.78 is 32.7. The van der Waals surface area contributed by atoms with Gasteiger partial charge in [-0.15, -0.1) is 0 Å². The smallest absolute Gasteiger partial charge is 0.244 e. The van der Waals surface area contributed by atoms with Gasteiger partial charge in [-0.05, 0) is 25.2 Å². The maximum atomic E-state index is 12.4. The third-order valence-corrected chi connectivity index (χ3v) is 5.50. The standard InChI is InChI=1S/C13H21NO4S/c1-9-11(7-10(8-15)18-9)19(16,17)14-12-5-4-6-13(12,2)3/h7,12,14-15H,4-6,8H2,1-3H3. The lowest BCUT2D eigenvalue weighted by atomic mass is 9.88. The highest BCUT2D eigenvalue weighted by molar-refractivity contribution is 7.89. The normalized spacial score (nSPS) is 22.8. The molecule has 19 heavy (non-hydrogen) atoms. The Morgan fingerprint density at radius 2 is 2.21 bits per heavy atom. The Balaban J connectivity index is 2.25. The minimum Gasteiger partial charge on any atom is -0.462 e. The van der Waals surface area contributed by atoms with Crippen LogP contribution >= 0.6 is 0 Å². The average Bonchev–Trinajstić information content (AvgIpc) is 2.83. The predicted molar refractivity (Wildman–Crippen MR) is 71.1 cm³/mol. The van der Waals surface area contributed by atoms with Crippen molar-refractivity contribution in [1.29, 1.82) is 0 Å². The second-order valence-corrected chi connectivity index (χ2v) is 7.53. The van der Waals surface area contributed by atoms with Gasteiger partial charge in [0.15, 0.2) is 0 Å². The van der Waals surface area contributed by atoms with Gasteiger partial charge in [0.1, 0.15) is 23.0 Å². The van der Waals surface area contributed by atoms with Gasteiger partial charge in [-0.2, -0.15) is 0 Å². The molecule has 0 aromatic carbocycles. The average molecular weight is 287 g/mol. The van der Waals surface area contributed by atoms with Crippen LogP contribution in [0.25, 0.3) is 0 Å². The molecule has 2 rings (SSSR count). The molecule has 108 valence electrons. The Bertz CT molecular complexity index is 559.